The van der Waals surface area contributed by atoms with E-state index in [2.05, 4.69) is 47.5 Å². The van der Waals surface area contributed by atoms with Crippen LogP contribution in [0.15, 0.2) is 29.3 Å². The molecule has 54 heavy (non-hydrogen) atoms. The Kier molecular flexibility index (Phi) is 23.0. The first-order valence-corrected chi connectivity index (χ1v) is 24.3. The van der Waals surface area contributed by atoms with Gasteiger partial charge >= 0.3 is 18.0 Å². The van der Waals surface area contributed by atoms with E-state index in [1.54, 1.807) is 46.8 Å². The maximum atomic E-state index is 13.3. The zero-order valence-corrected chi connectivity index (χ0v) is 36.2. The fraction of sp³-hybridized carbons (Fsp3) is 0.658. The smallest absolute Gasteiger partial charge is 0.408 e. The molecule has 0 spiro atoms. The van der Waals surface area contributed by atoms with Crippen molar-refractivity contribution in [1.29, 1.82) is 0 Å². The van der Waals surface area contributed by atoms with Crippen LogP contribution < -0.4 is 16.0 Å². The van der Waals surface area contributed by atoms with Crippen molar-refractivity contribution in [3.05, 3.63) is 40.0 Å². The molecular formula is C38H62N4O9S2Si. The second-order valence-corrected chi connectivity index (χ2v) is 22.6. The fourth-order valence-electron chi connectivity index (χ4n) is 4.48. The fourth-order valence-corrected chi connectivity index (χ4v) is 6.68. The number of esters is 2. The van der Waals surface area contributed by atoms with Crippen molar-refractivity contribution >= 4 is 66.1 Å². The highest BCUT2D eigenvalue weighted by Crippen LogP contribution is 2.15. The average Bonchev–Trinajstić information content (AvgIpc) is 3.56. The number of unbranched alkanes of at least 4 members (excludes halogenated alkanes) is 4. The number of thioether (sulfide) groups is 1. The molecule has 3 N–H and O–H groups in total. The van der Waals surface area contributed by atoms with Gasteiger partial charge in [0.25, 0.3) is 11.8 Å². The Hall–Kier alpha value is -3.50. The number of carbonyl (C=O) groups excluding carboxylic acids is 6. The predicted octanol–water partition coefficient (Wildman–Crippen LogP) is 7.45. The maximum absolute atomic E-state index is 13.3. The van der Waals surface area contributed by atoms with Crippen LogP contribution in [0.2, 0.25) is 25.7 Å². The van der Waals surface area contributed by atoms with E-state index in [0.29, 0.717) is 23.6 Å². The Morgan fingerprint density at radius 3 is 2.37 bits per heavy atom. The van der Waals surface area contributed by atoms with Crippen molar-refractivity contribution in [2.24, 2.45) is 0 Å². The first-order chi connectivity index (χ1) is 25.4. The summed E-state index contributed by atoms with van der Waals surface area (Å²) >= 11 is 2.42. The van der Waals surface area contributed by atoms with Gasteiger partial charge in [-0.15, -0.1) is 11.3 Å². The molecule has 304 valence electrons. The number of hydrogen-bond donors (Lipinski definition) is 3. The Morgan fingerprint density at radius 1 is 1.04 bits per heavy atom. The summed E-state index contributed by atoms with van der Waals surface area (Å²) in [5.41, 5.74) is -0.733. The number of rotatable bonds is 24. The summed E-state index contributed by atoms with van der Waals surface area (Å²) in [6.07, 6.45) is 9.67. The van der Waals surface area contributed by atoms with Crippen LogP contribution in [0, 0.1) is 0 Å². The van der Waals surface area contributed by atoms with Gasteiger partial charge < -0.3 is 30.2 Å². The second kappa shape index (κ2) is 25.6. The summed E-state index contributed by atoms with van der Waals surface area (Å²) < 4.78 is 16.4. The number of hydrogen-bond acceptors (Lipinski definition) is 12. The number of amides is 3. The van der Waals surface area contributed by atoms with Crippen molar-refractivity contribution in [2.75, 3.05) is 12.4 Å². The molecule has 0 radical (unpaired) electrons. The van der Waals surface area contributed by atoms with Gasteiger partial charge in [-0.3, -0.25) is 19.2 Å². The standard InChI is InChI=1S/C38H62N4O9S2Si/c1-10-13-14-15-16-20-33(44)52-22-18-17-19-27(24-32(43)49-21-23-54(7,8)9)50-36(47)29(12-3)42-34(45)28(11-2)41-35(46)30-26-53-31(40-30)25-39-37(48)51-38(4,5)6/h11,17,19,26-27,29H,10,12-16,18,20-25H2,1-9H3,(H,39,48)(H,41,46)(H,42,45)/t27-,29+/m1/s1. The van der Waals surface area contributed by atoms with Crippen molar-refractivity contribution in [3.63, 3.8) is 0 Å². The highest BCUT2D eigenvalue weighted by atomic mass is 32.2. The molecule has 3 amide bonds. The Balaban J connectivity index is 2.84. The minimum Gasteiger partial charge on any atom is -0.466 e. The monoisotopic (exact) mass is 810 g/mol. The maximum Gasteiger partial charge on any atom is 0.408 e. The Bertz CT molecular complexity index is 1430. The summed E-state index contributed by atoms with van der Waals surface area (Å²) in [7, 11) is -1.43. The highest BCUT2D eigenvalue weighted by Gasteiger charge is 2.27. The van der Waals surface area contributed by atoms with Gasteiger partial charge in [-0.25, -0.2) is 14.6 Å². The minimum absolute atomic E-state index is 0.0381. The van der Waals surface area contributed by atoms with Crippen LogP contribution in [0.25, 0.3) is 0 Å². The molecule has 0 aromatic carbocycles. The third-order valence-corrected chi connectivity index (χ3v) is 11.0. The van der Waals surface area contributed by atoms with Gasteiger partial charge in [0.15, 0.2) is 5.12 Å². The number of carbonyl (C=O) groups is 6. The van der Waals surface area contributed by atoms with E-state index in [1.807, 2.05) is 0 Å². The molecule has 16 heteroatoms. The first-order valence-electron chi connectivity index (χ1n) is 18.8. The summed E-state index contributed by atoms with van der Waals surface area (Å²) in [4.78, 5) is 80.6. The molecule has 1 rings (SSSR count). The molecule has 0 unspecified atom stereocenters. The van der Waals surface area contributed by atoms with E-state index in [1.165, 1.54) is 29.6 Å². The average molecular weight is 811 g/mol. The summed E-state index contributed by atoms with van der Waals surface area (Å²) in [5.74, 6) is -2.08. The third kappa shape index (κ3) is 22.7. The molecule has 0 bridgehead atoms. The van der Waals surface area contributed by atoms with E-state index in [-0.39, 0.29) is 42.5 Å². The van der Waals surface area contributed by atoms with Crippen LogP contribution in [0.4, 0.5) is 4.79 Å². The van der Waals surface area contributed by atoms with Crippen LogP contribution in [-0.4, -0.2) is 78.1 Å². The molecule has 1 aromatic heterocycles. The molecule has 2 atom stereocenters. The van der Waals surface area contributed by atoms with E-state index >= 15 is 0 Å². The number of nitrogens with one attached hydrogen (secondary N) is 3. The van der Waals surface area contributed by atoms with Crippen molar-refractivity contribution in [3.8, 4) is 0 Å². The molecule has 0 aliphatic rings. The Morgan fingerprint density at radius 2 is 1.74 bits per heavy atom. The number of ether oxygens (including phenoxy) is 3. The molecule has 0 fully saturated rings. The van der Waals surface area contributed by atoms with E-state index in [0.717, 1.165) is 43.1 Å². The van der Waals surface area contributed by atoms with Gasteiger partial charge in [-0.05, 0) is 59.1 Å². The molecule has 0 saturated heterocycles. The number of nitrogens with zero attached hydrogens (tertiary/aromatic N) is 1. The molecule has 13 nitrogen and oxygen atoms in total. The number of alkyl carbamates (subject to hydrolysis) is 1. The predicted molar refractivity (Wildman–Crippen MR) is 217 cm³/mol. The van der Waals surface area contributed by atoms with E-state index in [9.17, 15) is 28.8 Å². The normalized spacial score (nSPS) is 13.2. The molecule has 1 heterocycles. The SMILES string of the molecule is CC=C(NC(=O)c1csc(CNC(=O)OC(C)(C)C)n1)C(=O)N[C@@H](CC)C(=O)O[C@H](C=CCCSC(=O)CCCCCCC)CC(=O)OCC[Si](C)(C)C. The van der Waals surface area contributed by atoms with Gasteiger partial charge in [0, 0.05) is 25.6 Å². The van der Waals surface area contributed by atoms with E-state index < -0.39 is 55.7 Å². The first kappa shape index (κ1) is 48.5. The zero-order valence-electron chi connectivity index (χ0n) is 33.6. The quantitative estimate of drug-likeness (QED) is 0.0236. The van der Waals surface area contributed by atoms with Gasteiger partial charge in [-0.1, -0.05) is 83.1 Å². The molecule has 0 aliphatic heterocycles. The van der Waals surface area contributed by atoms with Crippen LogP contribution in [0.5, 0.6) is 0 Å². The summed E-state index contributed by atoms with van der Waals surface area (Å²) in [6.45, 7) is 17.5. The molecular weight excluding hydrogens is 749 g/mol. The number of allylic oxidation sites excluding steroid dienone is 2. The van der Waals surface area contributed by atoms with E-state index in [4.69, 9.17) is 14.2 Å². The van der Waals surface area contributed by atoms with Gasteiger partial charge in [-0.2, -0.15) is 0 Å². The molecule has 0 aliphatic carbocycles. The van der Waals surface area contributed by atoms with Gasteiger partial charge in [0.05, 0.1) is 19.6 Å². The zero-order chi connectivity index (χ0) is 40.7. The largest absolute Gasteiger partial charge is 0.466 e. The van der Waals surface area contributed by atoms with Crippen LogP contribution in [-0.2, 0) is 39.9 Å². The van der Waals surface area contributed by atoms with Crippen molar-refractivity contribution in [2.45, 2.75) is 149 Å². The van der Waals surface area contributed by atoms with Crippen molar-refractivity contribution in [1.82, 2.24) is 20.9 Å². The van der Waals surface area contributed by atoms with Crippen LogP contribution in [0.3, 0.4) is 0 Å². The lowest BCUT2D eigenvalue weighted by Crippen LogP contribution is -2.45. The lowest BCUT2D eigenvalue weighted by atomic mass is 10.1. The van der Waals surface area contributed by atoms with Gasteiger partial charge in [0.2, 0.25) is 0 Å². The highest BCUT2D eigenvalue weighted by molar-refractivity contribution is 8.13. The molecule has 1 aromatic rings. The lowest BCUT2D eigenvalue weighted by Gasteiger charge is -2.21. The topological polar surface area (TPSA) is 179 Å². The lowest BCUT2D eigenvalue weighted by molar-refractivity contribution is -0.155. The van der Waals surface area contributed by atoms with Crippen LogP contribution >= 0.6 is 23.1 Å². The van der Waals surface area contributed by atoms with Gasteiger partial charge in [0.1, 0.15) is 34.1 Å². The number of thiazole rings is 1. The summed E-state index contributed by atoms with van der Waals surface area (Å²) in [6, 6.07) is -0.288. The molecule has 0 saturated carbocycles. The second-order valence-electron chi connectivity index (χ2n) is 14.9. The van der Waals surface area contributed by atoms with Crippen molar-refractivity contribution < 1.29 is 43.0 Å². The number of aromatic nitrogens is 1. The van der Waals surface area contributed by atoms with Crippen LogP contribution in [0.1, 0.15) is 115 Å². The minimum atomic E-state index is -1.43. The Labute approximate surface area is 330 Å². The summed E-state index contributed by atoms with van der Waals surface area (Å²) in [5, 5.41) is 9.80. The third-order valence-electron chi connectivity index (χ3n) is 7.48.